The highest BCUT2D eigenvalue weighted by Crippen LogP contribution is 2.38. The summed E-state index contributed by atoms with van der Waals surface area (Å²) in [6, 6.07) is -3.00. The lowest BCUT2D eigenvalue weighted by Gasteiger charge is -2.19. The fraction of sp³-hybridized carbons (Fsp3) is 0.722. The molecule has 0 aromatic carbocycles. The second-order valence-corrected chi connectivity index (χ2v) is 9.19. The van der Waals surface area contributed by atoms with Crippen LogP contribution in [0.5, 0.6) is 0 Å². The van der Waals surface area contributed by atoms with Crippen molar-refractivity contribution in [1.82, 2.24) is 10.4 Å². The molecule has 7 N–H and O–H groups in total. The summed E-state index contributed by atoms with van der Waals surface area (Å²) in [5.74, 6) is -6.90. The van der Waals surface area contributed by atoms with E-state index in [-0.39, 0.29) is 31.6 Å². The lowest BCUT2D eigenvalue weighted by Crippen LogP contribution is -2.41. The Bertz CT molecular complexity index is 757. The molecule has 33 heavy (non-hydrogen) atoms. The molecule has 0 bridgehead atoms. The molecule has 0 aliphatic heterocycles. The highest BCUT2D eigenvalue weighted by molar-refractivity contribution is 7.50. The van der Waals surface area contributed by atoms with E-state index >= 15 is 0 Å². The van der Waals surface area contributed by atoms with Crippen LogP contribution in [0.3, 0.4) is 0 Å². The molecule has 190 valence electrons. The van der Waals surface area contributed by atoms with Gasteiger partial charge in [0, 0.05) is 12.8 Å². The van der Waals surface area contributed by atoms with Crippen LogP contribution in [0.1, 0.15) is 52.4 Å². The van der Waals surface area contributed by atoms with Crippen LogP contribution in [0.15, 0.2) is 0 Å². The van der Waals surface area contributed by atoms with Gasteiger partial charge in [-0.05, 0) is 31.6 Å². The Hall–Kier alpha value is -2.54. The van der Waals surface area contributed by atoms with Gasteiger partial charge in [0.2, 0.25) is 5.91 Å². The molecule has 15 heteroatoms. The number of hydrogen-bond donors (Lipinski definition) is 7. The first-order chi connectivity index (χ1) is 15.2. The number of carbonyl (C=O) groups is 5. The standard InChI is InChI=1S/C18H31N2O12P/c1-10(2)11(16(24)25)5-7-14(21)19-12(17(26)27)4-3-9-32-33(30,31)20-13(18(28)29)6-8-15(22)23/h10-13H,3-9H2,1-2H3,(H,19,21)(H,22,23)(H,24,25)(H,26,27)(H,28,29)(H2,20,30,31)/t11-,12+,13?/m1/s1. The quantitative estimate of drug-likeness (QED) is 0.101. The zero-order valence-corrected chi connectivity index (χ0v) is 19.2. The van der Waals surface area contributed by atoms with Gasteiger partial charge in [-0.25, -0.2) is 14.4 Å². The summed E-state index contributed by atoms with van der Waals surface area (Å²) in [6.45, 7) is 2.92. The maximum Gasteiger partial charge on any atom is 0.403 e. The third kappa shape index (κ3) is 13.6. The molecular formula is C18H31N2O12P. The van der Waals surface area contributed by atoms with Crippen LogP contribution in [0.2, 0.25) is 0 Å². The molecule has 0 spiro atoms. The van der Waals surface area contributed by atoms with E-state index in [2.05, 4.69) is 5.32 Å². The Kier molecular flexibility index (Phi) is 13.5. The maximum atomic E-state index is 12.0. The van der Waals surface area contributed by atoms with Crippen LogP contribution in [0.25, 0.3) is 0 Å². The van der Waals surface area contributed by atoms with Gasteiger partial charge >= 0.3 is 31.6 Å². The predicted molar refractivity (Wildman–Crippen MR) is 111 cm³/mol. The average molecular weight is 498 g/mol. The second kappa shape index (κ2) is 14.6. The van der Waals surface area contributed by atoms with Gasteiger partial charge in [0.05, 0.1) is 12.5 Å². The number of carbonyl (C=O) groups excluding carboxylic acids is 1. The smallest absolute Gasteiger partial charge is 0.403 e. The van der Waals surface area contributed by atoms with Crippen molar-refractivity contribution in [1.29, 1.82) is 0 Å². The molecule has 1 amide bonds. The Morgan fingerprint density at radius 1 is 0.848 bits per heavy atom. The van der Waals surface area contributed by atoms with Gasteiger partial charge in [-0.2, -0.15) is 0 Å². The summed E-state index contributed by atoms with van der Waals surface area (Å²) in [5, 5.41) is 40.0. The minimum atomic E-state index is -4.63. The Labute approximate surface area is 189 Å². The van der Waals surface area contributed by atoms with Crippen LogP contribution >= 0.6 is 7.75 Å². The van der Waals surface area contributed by atoms with E-state index < -0.39 is 75.0 Å². The van der Waals surface area contributed by atoms with E-state index in [1.807, 2.05) is 5.09 Å². The minimum Gasteiger partial charge on any atom is -0.481 e. The van der Waals surface area contributed by atoms with Gasteiger partial charge in [0.25, 0.3) is 0 Å². The zero-order valence-electron chi connectivity index (χ0n) is 18.3. The molecule has 0 fully saturated rings. The fourth-order valence-corrected chi connectivity index (χ4v) is 3.86. The third-order valence-corrected chi connectivity index (χ3v) is 5.78. The second-order valence-electron chi connectivity index (χ2n) is 7.63. The third-order valence-electron chi connectivity index (χ3n) is 4.61. The number of rotatable bonds is 18. The van der Waals surface area contributed by atoms with Crippen molar-refractivity contribution in [3.05, 3.63) is 0 Å². The number of carboxylic acids is 4. The molecule has 4 atom stereocenters. The number of hydrogen-bond acceptors (Lipinski definition) is 7. The predicted octanol–water partition coefficient (Wildman–Crippen LogP) is 0.498. The molecule has 2 unspecified atom stereocenters. The van der Waals surface area contributed by atoms with Crippen molar-refractivity contribution in [3.63, 3.8) is 0 Å². The van der Waals surface area contributed by atoms with E-state index in [9.17, 15) is 38.5 Å². The van der Waals surface area contributed by atoms with Gasteiger partial charge in [-0.3, -0.25) is 23.7 Å². The Morgan fingerprint density at radius 2 is 1.42 bits per heavy atom. The van der Waals surface area contributed by atoms with Gasteiger partial charge in [-0.1, -0.05) is 13.8 Å². The molecule has 14 nitrogen and oxygen atoms in total. The molecule has 0 aliphatic rings. The Morgan fingerprint density at radius 3 is 1.88 bits per heavy atom. The summed E-state index contributed by atoms with van der Waals surface area (Å²) < 4.78 is 16.7. The van der Waals surface area contributed by atoms with Crippen LogP contribution in [-0.2, 0) is 33.1 Å². The number of amides is 1. The highest BCUT2D eigenvalue weighted by Gasteiger charge is 2.30. The van der Waals surface area contributed by atoms with Gasteiger partial charge in [-0.15, -0.1) is 0 Å². The SMILES string of the molecule is CC(C)[C@@H](CCC(=O)N[C@@H](CCCOP(=O)(O)NC(CCC(=O)O)C(=O)O)C(=O)O)C(=O)O. The van der Waals surface area contributed by atoms with Crippen molar-refractivity contribution in [2.75, 3.05) is 6.61 Å². The van der Waals surface area contributed by atoms with Crippen molar-refractivity contribution in [3.8, 4) is 0 Å². The first kappa shape index (κ1) is 30.5. The van der Waals surface area contributed by atoms with E-state index in [0.29, 0.717) is 0 Å². The first-order valence-electron chi connectivity index (χ1n) is 10.1. The van der Waals surface area contributed by atoms with Crippen molar-refractivity contribution < 1.29 is 58.4 Å². The molecule has 0 aromatic rings. The maximum absolute atomic E-state index is 12.0. The number of nitrogens with one attached hydrogen (secondary N) is 2. The van der Waals surface area contributed by atoms with Crippen molar-refractivity contribution >= 4 is 37.5 Å². The van der Waals surface area contributed by atoms with Gasteiger partial charge < -0.3 is 30.6 Å². The van der Waals surface area contributed by atoms with Crippen molar-refractivity contribution in [2.24, 2.45) is 11.8 Å². The molecular weight excluding hydrogens is 467 g/mol. The molecule has 0 radical (unpaired) electrons. The topological polar surface area (TPSA) is 237 Å². The summed E-state index contributed by atoms with van der Waals surface area (Å²) in [7, 11) is -4.63. The summed E-state index contributed by atoms with van der Waals surface area (Å²) in [4.78, 5) is 65.8. The summed E-state index contributed by atoms with van der Waals surface area (Å²) in [5.41, 5.74) is 0. The zero-order chi connectivity index (χ0) is 25.8. The van der Waals surface area contributed by atoms with E-state index in [4.69, 9.17) is 19.8 Å². The normalized spacial score (nSPS) is 15.8. The Balaban J connectivity index is 4.62. The van der Waals surface area contributed by atoms with Crippen molar-refractivity contribution in [2.45, 2.75) is 64.5 Å². The molecule has 0 aliphatic carbocycles. The molecule has 0 rings (SSSR count). The van der Waals surface area contributed by atoms with E-state index in [0.717, 1.165) is 0 Å². The number of carboxylic acid groups (broad SMARTS) is 4. The average Bonchev–Trinajstić information content (AvgIpc) is 2.66. The molecule has 0 saturated carbocycles. The molecule has 0 heterocycles. The van der Waals surface area contributed by atoms with Crippen LogP contribution in [0, 0.1) is 11.8 Å². The lowest BCUT2D eigenvalue weighted by molar-refractivity contribution is -0.145. The lowest BCUT2D eigenvalue weighted by atomic mass is 9.91. The van der Waals surface area contributed by atoms with Crippen LogP contribution < -0.4 is 10.4 Å². The monoisotopic (exact) mass is 498 g/mol. The largest absolute Gasteiger partial charge is 0.481 e. The van der Waals surface area contributed by atoms with E-state index in [1.165, 1.54) is 0 Å². The minimum absolute atomic E-state index is 0.0280. The van der Waals surface area contributed by atoms with Crippen LogP contribution in [0.4, 0.5) is 0 Å². The van der Waals surface area contributed by atoms with E-state index in [1.54, 1.807) is 13.8 Å². The summed E-state index contributed by atoms with van der Waals surface area (Å²) in [6.07, 6.45) is -1.48. The van der Waals surface area contributed by atoms with Gasteiger partial charge in [0.15, 0.2) is 0 Å². The van der Waals surface area contributed by atoms with Gasteiger partial charge in [0.1, 0.15) is 12.1 Å². The van der Waals surface area contributed by atoms with Crippen LogP contribution in [-0.4, -0.2) is 73.8 Å². The summed E-state index contributed by atoms with van der Waals surface area (Å²) >= 11 is 0. The molecule has 0 aromatic heterocycles. The first-order valence-corrected chi connectivity index (χ1v) is 11.7. The highest BCUT2D eigenvalue weighted by atomic mass is 31.2. The number of aliphatic carboxylic acids is 4. The molecule has 0 saturated heterocycles. The fourth-order valence-electron chi connectivity index (χ4n) is 2.77.